The van der Waals surface area contributed by atoms with Gasteiger partial charge in [-0.1, -0.05) is 35.9 Å². The van der Waals surface area contributed by atoms with Crippen LogP contribution >= 0.6 is 11.6 Å². The summed E-state index contributed by atoms with van der Waals surface area (Å²) in [5, 5.41) is 13.2. The molecule has 0 aromatic heterocycles. The van der Waals surface area contributed by atoms with E-state index in [0.29, 0.717) is 17.9 Å². The Morgan fingerprint density at radius 3 is 2.71 bits per heavy atom. The molecule has 0 spiro atoms. The van der Waals surface area contributed by atoms with Gasteiger partial charge >= 0.3 is 0 Å². The van der Waals surface area contributed by atoms with Crippen LogP contribution in [0.25, 0.3) is 0 Å². The highest BCUT2D eigenvalue weighted by Crippen LogP contribution is 2.23. The Morgan fingerprint density at radius 1 is 1.29 bits per heavy atom. The van der Waals surface area contributed by atoms with E-state index in [1.54, 1.807) is 13.2 Å². The minimum Gasteiger partial charge on any atom is -0.495 e. The van der Waals surface area contributed by atoms with Gasteiger partial charge in [-0.2, -0.15) is 5.26 Å². The molecule has 0 radical (unpaired) electrons. The van der Waals surface area contributed by atoms with E-state index in [2.05, 4.69) is 18.3 Å². The summed E-state index contributed by atoms with van der Waals surface area (Å²) in [6.07, 6.45) is 0. The topological polar surface area (TPSA) is 45.0 Å². The van der Waals surface area contributed by atoms with E-state index >= 15 is 0 Å². The van der Waals surface area contributed by atoms with Crippen LogP contribution < -0.4 is 10.1 Å². The standard InChI is InChI=1S/C17H17ClN2O/c1-12(15-5-3-4-6-16(15)18)20-11-13-7-8-14(10-19)17(9-13)21-2/h3-9,12,20H,11H2,1-2H3/t12-/m1/s1. The third kappa shape index (κ3) is 3.75. The van der Waals surface area contributed by atoms with Gasteiger partial charge in [-0.3, -0.25) is 0 Å². The van der Waals surface area contributed by atoms with Crippen molar-refractivity contribution in [1.82, 2.24) is 5.32 Å². The lowest BCUT2D eigenvalue weighted by Crippen LogP contribution is -2.18. The average Bonchev–Trinajstić information content (AvgIpc) is 2.52. The molecule has 4 heteroatoms. The van der Waals surface area contributed by atoms with Crippen molar-refractivity contribution in [2.75, 3.05) is 7.11 Å². The molecule has 0 aliphatic rings. The van der Waals surface area contributed by atoms with Crippen LogP contribution in [0.4, 0.5) is 0 Å². The molecule has 2 aromatic rings. The van der Waals surface area contributed by atoms with Crippen molar-refractivity contribution < 1.29 is 4.74 Å². The average molecular weight is 301 g/mol. The zero-order valence-electron chi connectivity index (χ0n) is 12.1. The molecule has 108 valence electrons. The van der Waals surface area contributed by atoms with Crippen molar-refractivity contribution in [1.29, 1.82) is 5.26 Å². The highest BCUT2D eigenvalue weighted by atomic mass is 35.5. The van der Waals surface area contributed by atoms with E-state index in [1.165, 1.54) is 0 Å². The van der Waals surface area contributed by atoms with Gasteiger partial charge in [0.15, 0.2) is 0 Å². The first kappa shape index (κ1) is 15.4. The molecule has 0 saturated heterocycles. The Morgan fingerprint density at radius 2 is 2.05 bits per heavy atom. The molecule has 0 unspecified atom stereocenters. The fourth-order valence-corrected chi connectivity index (χ4v) is 2.44. The molecule has 0 aliphatic heterocycles. The number of hydrogen-bond acceptors (Lipinski definition) is 3. The Labute approximate surface area is 130 Å². The minimum absolute atomic E-state index is 0.139. The molecule has 0 amide bonds. The van der Waals surface area contributed by atoms with E-state index in [1.807, 2.05) is 36.4 Å². The molecular weight excluding hydrogens is 284 g/mol. The maximum absolute atomic E-state index is 8.98. The molecule has 0 fully saturated rings. The first-order valence-corrected chi connectivity index (χ1v) is 7.08. The number of nitrogens with one attached hydrogen (secondary N) is 1. The Bertz CT molecular complexity index is 664. The Kier molecular flexibility index (Phi) is 5.21. The van der Waals surface area contributed by atoms with Gasteiger partial charge in [0, 0.05) is 17.6 Å². The predicted molar refractivity (Wildman–Crippen MR) is 84.4 cm³/mol. The predicted octanol–water partition coefficient (Wildman–Crippen LogP) is 4.07. The van der Waals surface area contributed by atoms with Gasteiger partial charge in [-0.15, -0.1) is 0 Å². The van der Waals surface area contributed by atoms with Gasteiger partial charge in [0.25, 0.3) is 0 Å². The maximum Gasteiger partial charge on any atom is 0.136 e. The first-order valence-electron chi connectivity index (χ1n) is 6.70. The van der Waals surface area contributed by atoms with Gasteiger partial charge < -0.3 is 10.1 Å². The maximum atomic E-state index is 8.98. The fourth-order valence-electron chi connectivity index (χ4n) is 2.15. The molecule has 1 N–H and O–H groups in total. The van der Waals surface area contributed by atoms with Crippen LogP contribution in [0.1, 0.15) is 29.7 Å². The van der Waals surface area contributed by atoms with Gasteiger partial charge in [0.2, 0.25) is 0 Å². The van der Waals surface area contributed by atoms with Gasteiger partial charge in [-0.25, -0.2) is 0 Å². The summed E-state index contributed by atoms with van der Waals surface area (Å²) in [6.45, 7) is 2.75. The zero-order valence-corrected chi connectivity index (χ0v) is 12.8. The molecule has 2 aromatic carbocycles. The van der Waals surface area contributed by atoms with Crippen molar-refractivity contribution in [2.45, 2.75) is 19.5 Å². The SMILES string of the molecule is COc1cc(CN[C@H](C)c2ccccc2Cl)ccc1C#N. The Hall–Kier alpha value is -2.02. The van der Waals surface area contributed by atoms with E-state index in [4.69, 9.17) is 21.6 Å². The lowest BCUT2D eigenvalue weighted by molar-refractivity contribution is 0.412. The summed E-state index contributed by atoms with van der Waals surface area (Å²) < 4.78 is 5.22. The summed E-state index contributed by atoms with van der Waals surface area (Å²) in [5.41, 5.74) is 2.67. The van der Waals surface area contributed by atoms with Crippen molar-refractivity contribution in [3.05, 3.63) is 64.2 Å². The van der Waals surface area contributed by atoms with Crippen LogP contribution in [0.15, 0.2) is 42.5 Å². The quantitative estimate of drug-likeness (QED) is 0.905. The monoisotopic (exact) mass is 300 g/mol. The van der Waals surface area contributed by atoms with E-state index in [0.717, 1.165) is 16.1 Å². The van der Waals surface area contributed by atoms with E-state index in [9.17, 15) is 0 Å². The summed E-state index contributed by atoms with van der Waals surface area (Å²) >= 11 is 6.19. The Balaban J connectivity index is 2.07. The van der Waals surface area contributed by atoms with E-state index < -0.39 is 0 Å². The molecule has 3 nitrogen and oxygen atoms in total. The van der Waals surface area contributed by atoms with Crippen molar-refractivity contribution in [3.63, 3.8) is 0 Å². The normalized spacial score (nSPS) is 11.7. The zero-order chi connectivity index (χ0) is 15.2. The van der Waals surface area contributed by atoms with Crippen LogP contribution in [0, 0.1) is 11.3 Å². The van der Waals surface area contributed by atoms with Crippen LogP contribution in [0.2, 0.25) is 5.02 Å². The lowest BCUT2D eigenvalue weighted by atomic mass is 10.1. The third-order valence-electron chi connectivity index (χ3n) is 3.37. The molecule has 0 bridgehead atoms. The number of benzene rings is 2. The number of rotatable bonds is 5. The largest absolute Gasteiger partial charge is 0.495 e. The van der Waals surface area contributed by atoms with Gasteiger partial charge in [-0.05, 0) is 36.2 Å². The van der Waals surface area contributed by atoms with Crippen LogP contribution in [0.3, 0.4) is 0 Å². The summed E-state index contributed by atoms with van der Waals surface area (Å²) in [4.78, 5) is 0. The number of hydrogen-bond donors (Lipinski definition) is 1. The van der Waals surface area contributed by atoms with Crippen molar-refractivity contribution in [2.24, 2.45) is 0 Å². The highest BCUT2D eigenvalue weighted by molar-refractivity contribution is 6.31. The first-order chi connectivity index (χ1) is 10.2. The summed E-state index contributed by atoms with van der Waals surface area (Å²) in [5.74, 6) is 0.599. The van der Waals surface area contributed by atoms with Crippen LogP contribution in [0.5, 0.6) is 5.75 Å². The van der Waals surface area contributed by atoms with Crippen molar-refractivity contribution in [3.8, 4) is 11.8 Å². The molecule has 0 aliphatic carbocycles. The van der Waals surface area contributed by atoms with E-state index in [-0.39, 0.29) is 6.04 Å². The van der Waals surface area contributed by atoms with Crippen molar-refractivity contribution >= 4 is 11.6 Å². The summed E-state index contributed by atoms with van der Waals surface area (Å²) in [7, 11) is 1.57. The van der Waals surface area contributed by atoms with Gasteiger partial charge in [0.05, 0.1) is 12.7 Å². The second kappa shape index (κ2) is 7.12. The number of nitrogens with zero attached hydrogens (tertiary/aromatic N) is 1. The number of ether oxygens (including phenoxy) is 1. The van der Waals surface area contributed by atoms with Gasteiger partial charge in [0.1, 0.15) is 11.8 Å². The number of nitriles is 1. The molecule has 21 heavy (non-hydrogen) atoms. The highest BCUT2D eigenvalue weighted by Gasteiger charge is 2.09. The molecule has 1 atom stereocenters. The second-order valence-electron chi connectivity index (χ2n) is 4.77. The smallest absolute Gasteiger partial charge is 0.136 e. The molecular formula is C17H17ClN2O. The molecule has 0 saturated carbocycles. The minimum atomic E-state index is 0.139. The number of halogens is 1. The van der Waals surface area contributed by atoms with Crippen LogP contribution in [-0.4, -0.2) is 7.11 Å². The second-order valence-corrected chi connectivity index (χ2v) is 5.18. The lowest BCUT2D eigenvalue weighted by Gasteiger charge is -2.16. The molecule has 0 heterocycles. The van der Waals surface area contributed by atoms with Crippen LogP contribution in [-0.2, 0) is 6.54 Å². The summed E-state index contributed by atoms with van der Waals surface area (Å²) in [6, 6.07) is 15.6. The molecule has 2 rings (SSSR count). The third-order valence-corrected chi connectivity index (χ3v) is 3.71. The number of methoxy groups -OCH3 is 1. The fraction of sp³-hybridized carbons (Fsp3) is 0.235.